The van der Waals surface area contributed by atoms with Gasteiger partial charge in [-0.15, -0.1) is 0 Å². The van der Waals surface area contributed by atoms with E-state index in [9.17, 15) is 0 Å². The third kappa shape index (κ3) is 4.88. The number of hydrogen-bond donors (Lipinski definition) is 0. The lowest BCUT2D eigenvalue weighted by atomic mass is 9.74. The number of nitrogens with zero attached hydrogens (tertiary/aromatic N) is 4. The SMILES string of the molecule is Cn1c(-c2cccc([Si](c3ccccc3)(c3ccccc3)c3cc4c(c5c3Oc3ccccc3C5(C)C)c3ccccc3n4-c3ccccn3)c2)nc2ccccc21. The summed E-state index contributed by atoms with van der Waals surface area (Å²) in [5.74, 6) is 3.65. The smallest absolute Gasteiger partial charge is 0.184 e. The summed E-state index contributed by atoms with van der Waals surface area (Å²) in [5, 5.41) is 7.35. The lowest BCUT2D eigenvalue weighted by molar-refractivity contribution is 0.423. The fourth-order valence-electron chi connectivity index (χ4n) is 9.78. The summed E-state index contributed by atoms with van der Waals surface area (Å²) in [5.41, 5.74) is 7.33. The van der Waals surface area contributed by atoms with Gasteiger partial charge in [0.1, 0.15) is 23.1 Å². The first-order valence-corrected chi connectivity index (χ1v) is 21.9. The van der Waals surface area contributed by atoms with Crippen LogP contribution in [0.3, 0.4) is 0 Å². The van der Waals surface area contributed by atoms with Crippen molar-refractivity contribution in [2.45, 2.75) is 19.3 Å². The van der Waals surface area contributed by atoms with Crippen LogP contribution in [0.25, 0.3) is 50.0 Å². The monoisotopic (exact) mass is 764 g/mol. The third-order valence-corrected chi connectivity index (χ3v) is 17.1. The second kappa shape index (κ2) is 13.0. The molecule has 0 aliphatic carbocycles. The summed E-state index contributed by atoms with van der Waals surface area (Å²) < 4.78 is 12.0. The van der Waals surface area contributed by atoms with Crippen LogP contribution >= 0.6 is 0 Å². The van der Waals surface area contributed by atoms with Crippen LogP contribution in [0.15, 0.2) is 188 Å². The van der Waals surface area contributed by atoms with Crippen LogP contribution in [0.5, 0.6) is 11.5 Å². The number of pyridine rings is 1. The Morgan fingerprint density at radius 1 is 0.586 bits per heavy atom. The molecule has 0 unspecified atom stereocenters. The molecule has 1 aliphatic rings. The second-order valence-electron chi connectivity index (χ2n) is 15.8. The summed E-state index contributed by atoms with van der Waals surface area (Å²) in [7, 11) is -1.15. The van der Waals surface area contributed by atoms with Crippen LogP contribution in [0, 0.1) is 0 Å². The van der Waals surface area contributed by atoms with Gasteiger partial charge in [-0.2, -0.15) is 0 Å². The number of aryl methyl sites for hydroxylation is 1. The van der Waals surface area contributed by atoms with Crippen LogP contribution in [-0.2, 0) is 12.5 Å². The van der Waals surface area contributed by atoms with Crippen molar-refractivity contribution in [3.8, 4) is 28.7 Å². The van der Waals surface area contributed by atoms with E-state index < -0.39 is 13.5 Å². The first-order chi connectivity index (χ1) is 28.5. The van der Waals surface area contributed by atoms with Gasteiger partial charge in [0.05, 0.1) is 22.1 Å². The van der Waals surface area contributed by atoms with E-state index in [1.807, 2.05) is 12.3 Å². The average Bonchev–Trinajstić information content (AvgIpc) is 3.79. The largest absolute Gasteiger partial charge is 0.457 e. The molecule has 4 heterocycles. The fraction of sp³-hybridized carbons (Fsp3) is 0.0769. The normalized spacial score (nSPS) is 13.4. The molecule has 0 saturated carbocycles. The standard InChI is InChI=1S/C52H40N4OSi/c1-52(2)40-26-11-15-30-45(40)57-50-46(34-44-48(49(50)52)39-25-10-13-28-42(39)56(44)47-31-16-17-32-53-47)58(36-20-6-4-7-21-36,37-22-8-5-9-23-37)38-24-18-19-35(33-38)51-54-41-27-12-14-29-43(41)55(51)3/h4-34H,1-3H3. The van der Waals surface area contributed by atoms with E-state index in [0.29, 0.717) is 0 Å². The average molecular weight is 765 g/mol. The van der Waals surface area contributed by atoms with Crippen molar-refractivity contribution in [3.63, 3.8) is 0 Å². The number of rotatable bonds is 6. The van der Waals surface area contributed by atoms with Crippen molar-refractivity contribution in [2.75, 3.05) is 0 Å². The summed E-state index contributed by atoms with van der Waals surface area (Å²) in [4.78, 5) is 10.2. The molecule has 0 bridgehead atoms. The number of imidazole rings is 1. The zero-order chi connectivity index (χ0) is 39.0. The van der Waals surface area contributed by atoms with Gasteiger partial charge in [-0.3, -0.25) is 4.57 Å². The summed E-state index contributed by atoms with van der Waals surface area (Å²) >= 11 is 0. The summed E-state index contributed by atoms with van der Waals surface area (Å²) in [6, 6.07) is 65.8. The molecule has 58 heavy (non-hydrogen) atoms. The molecule has 0 radical (unpaired) electrons. The van der Waals surface area contributed by atoms with Crippen molar-refractivity contribution in [1.82, 2.24) is 19.1 Å². The highest BCUT2D eigenvalue weighted by Crippen LogP contribution is 2.52. The van der Waals surface area contributed by atoms with E-state index in [0.717, 1.165) is 50.8 Å². The Morgan fingerprint density at radius 3 is 1.98 bits per heavy atom. The Labute approximate surface area is 338 Å². The van der Waals surface area contributed by atoms with Gasteiger partial charge in [0.15, 0.2) is 8.07 Å². The Balaban J connectivity index is 1.34. The first-order valence-electron chi connectivity index (χ1n) is 19.9. The molecule has 0 fully saturated rings. The minimum atomic E-state index is -3.27. The van der Waals surface area contributed by atoms with E-state index >= 15 is 0 Å². The van der Waals surface area contributed by atoms with Gasteiger partial charge >= 0.3 is 0 Å². The zero-order valence-electron chi connectivity index (χ0n) is 32.6. The summed E-state index contributed by atoms with van der Waals surface area (Å²) in [6.45, 7) is 4.73. The van der Waals surface area contributed by atoms with Gasteiger partial charge in [0, 0.05) is 46.1 Å². The molecule has 7 aromatic carbocycles. The molecular formula is C52H40N4OSi. The van der Waals surface area contributed by atoms with Gasteiger partial charge in [-0.25, -0.2) is 9.97 Å². The number of aromatic nitrogens is 4. The molecule has 1 aliphatic heterocycles. The minimum absolute atomic E-state index is 0.417. The Hall–Kier alpha value is -7.02. The predicted molar refractivity (Wildman–Crippen MR) is 241 cm³/mol. The molecule has 3 aromatic heterocycles. The van der Waals surface area contributed by atoms with Crippen LogP contribution in [0.1, 0.15) is 25.0 Å². The zero-order valence-corrected chi connectivity index (χ0v) is 33.6. The van der Waals surface area contributed by atoms with Crippen LogP contribution in [-0.4, -0.2) is 27.2 Å². The topological polar surface area (TPSA) is 44.9 Å². The maximum Gasteiger partial charge on any atom is 0.184 e. The Kier molecular flexibility index (Phi) is 7.68. The molecule has 0 N–H and O–H groups in total. The van der Waals surface area contributed by atoms with Crippen LogP contribution < -0.4 is 25.5 Å². The highest BCUT2D eigenvalue weighted by atomic mass is 28.3. The predicted octanol–water partition coefficient (Wildman–Crippen LogP) is 9.54. The molecule has 10 aromatic rings. The molecule has 11 rings (SSSR count). The van der Waals surface area contributed by atoms with Crippen molar-refractivity contribution in [3.05, 3.63) is 199 Å². The van der Waals surface area contributed by atoms with Crippen LogP contribution in [0.2, 0.25) is 0 Å². The number of para-hydroxylation sites is 4. The van der Waals surface area contributed by atoms with Crippen molar-refractivity contribution < 1.29 is 4.74 Å². The van der Waals surface area contributed by atoms with E-state index in [4.69, 9.17) is 14.7 Å². The quantitative estimate of drug-likeness (QED) is 0.125. The molecule has 5 nitrogen and oxygen atoms in total. The van der Waals surface area contributed by atoms with Gasteiger partial charge in [0.2, 0.25) is 0 Å². The minimum Gasteiger partial charge on any atom is -0.457 e. The summed E-state index contributed by atoms with van der Waals surface area (Å²) in [6.07, 6.45) is 1.89. The lowest BCUT2D eigenvalue weighted by Crippen LogP contribution is -2.75. The van der Waals surface area contributed by atoms with Crippen LogP contribution in [0.4, 0.5) is 0 Å². The highest BCUT2D eigenvalue weighted by Gasteiger charge is 2.48. The Morgan fingerprint density at radius 2 is 1.24 bits per heavy atom. The number of hydrogen-bond acceptors (Lipinski definition) is 3. The van der Waals surface area contributed by atoms with Gasteiger partial charge in [0.25, 0.3) is 0 Å². The molecule has 0 saturated heterocycles. The lowest BCUT2D eigenvalue weighted by Gasteiger charge is -2.41. The Bertz CT molecular complexity index is 3150. The van der Waals surface area contributed by atoms with E-state index in [-0.39, 0.29) is 0 Å². The molecular weight excluding hydrogens is 725 g/mol. The fourth-order valence-corrected chi connectivity index (χ4v) is 14.7. The maximum absolute atomic E-state index is 7.45. The van der Waals surface area contributed by atoms with Crippen molar-refractivity contribution in [2.24, 2.45) is 7.05 Å². The van der Waals surface area contributed by atoms with E-state index in [1.54, 1.807) is 0 Å². The highest BCUT2D eigenvalue weighted by molar-refractivity contribution is 7.20. The van der Waals surface area contributed by atoms with E-state index in [1.165, 1.54) is 42.6 Å². The van der Waals surface area contributed by atoms with Gasteiger partial charge in [-0.05, 0) is 63.2 Å². The van der Waals surface area contributed by atoms with Crippen molar-refractivity contribution >= 4 is 61.7 Å². The number of fused-ring (bicyclic) bond motifs is 7. The molecule has 0 atom stereocenters. The molecule has 278 valence electrons. The number of ether oxygens (including phenoxy) is 1. The van der Waals surface area contributed by atoms with E-state index in [2.05, 4.69) is 206 Å². The second-order valence-corrected chi connectivity index (χ2v) is 19.6. The number of benzene rings is 7. The molecule has 6 heteroatoms. The third-order valence-electron chi connectivity index (χ3n) is 12.3. The van der Waals surface area contributed by atoms with Gasteiger partial charge in [-0.1, -0.05) is 153 Å². The van der Waals surface area contributed by atoms with Crippen molar-refractivity contribution in [1.29, 1.82) is 0 Å². The molecule has 0 spiro atoms. The van der Waals surface area contributed by atoms with Gasteiger partial charge < -0.3 is 9.30 Å². The molecule has 0 amide bonds. The maximum atomic E-state index is 7.45. The first kappa shape index (κ1) is 34.2.